The lowest BCUT2D eigenvalue weighted by atomic mass is 10.1. The number of hydrogen-bond donors (Lipinski definition) is 2. The van der Waals surface area contributed by atoms with Crippen LogP contribution in [-0.2, 0) is 4.79 Å². The Balaban J connectivity index is 1.55. The Morgan fingerprint density at radius 1 is 0.971 bits per heavy atom. The molecule has 0 bridgehead atoms. The quantitative estimate of drug-likeness (QED) is 0.298. The molecule has 35 heavy (non-hydrogen) atoms. The van der Waals surface area contributed by atoms with E-state index in [1.54, 1.807) is 19.1 Å². The molecular formula is C25H17Cl4F3N2O. The standard InChI is InChI=1S/C25H17Cl4F3N2O/c1-11-7-15(10-16(23(11)27)12(2)33-20-6-4-14(30)9-19(20)32)34-24(35)22-21(25(22,28)29)13-3-5-18(31)17(26)8-13/h3-10,21-22,33H,2H2,1H3,(H,34,35). The molecule has 0 aliphatic heterocycles. The number of hydrogen-bond acceptors (Lipinski definition) is 2. The lowest BCUT2D eigenvalue weighted by molar-refractivity contribution is -0.117. The van der Waals surface area contributed by atoms with Crippen LogP contribution in [0, 0.1) is 30.3 Å². The monoisotopic (exact) mass is 558 g/mol. The summed E-state index contributed by atoms with van der Waals surface area (Å²) in [5, 5.41) is 5.77. The maximum atomic E-state index is 14.1. The molecule has 0 aromatic heterocycles. The SMILES string of the molecule is C=C(Nc1ccc(F)cc1F)c1cc(NC(=O)C2C(c3ccc(F)c(Cl)c3)C2(Cl)Cl)cc(C)c1Cl. The summed E-state index contributed by atoms with van der Waals surface area (Å²) in [6.07, 6.45) is 0. The van der Waals surface area contributed by atoms with Gasteiger partial charge in [0.15, 0.2) is 0 Å². The van der Waals surface area contributed by atoms with Crippen LogP contribution in [0.4, 0.5) is 24.5 Å². The number of carbonyl (C=O) groups excluding carboxylic acids is 1. The minimum absolute atomic E-state index is 0.00685. The highest BCUT2D eigenvalue weighted by Crippen LogP contribution is 2.65. The Morgan fingerprint density at radius 2 is 1.69 bits per heavy atom. The van der Waals surface area contributed by atoms with Crippen molar-refractivity contribution in [3.8, 4) is 0 Å². The lowest BCUT2D eigenvalue weighted by Crippen LogP contribution is -2.17. The highest BCUT2D eigenvalue weighted by atomic mass is 35.5. The maximum Gasteiger partial charge on any atom is 0.231 e. The Hall–Kier alpha value is -2.38. The summed E-state index contributed by atoms with van der Waals surface area (Å²) >= 11 is 25.0. The summed E-state index contributed by atoms with van der Waals surface area (Å²) in [4.78, 5) is 13.0. The van der Waals surface area contributed by atoms with Gasteiger partial charge in [-0.15, -0.1) is 23.2 Å². The summed E-state index contributed by atoms with van der Waals surface area (Å²) in [5.74, 6) is -3.98. The molecule has 2 unspecified atom stereocenters. The van der Waals surface area contributed by atoms with Crippen molar-refractivity contribution in [1.29, 1.82) is 0 Å². The summed E-state index contributed by atoms with van der Waals surface area (Å²) in [6, 6.07) is 10.3. The molecule has 1 aliphatic carbocycles. The van der Waals surface area contributed by atoms with Crippen LogP contribution in [-0.4, -0.2) is 10.2 Å². The number of nitrogens with one attached hydrogen (secondary N) is 2. The second kappa shape index (κ2) is 9.58. The molecule has 1 amide bonds. The van der Waals surface area contributed by atoms with Crippen molar-refractivity contribution in [3.05, 3.63) is 99.3 Å². The highest BCUT2D eigenvalue weighted by molar-refractivity contribution is 6.53. The fourth-order valence-electron chi connectivity index (χ4n) is 3.88. The smallest absolute Gasteiger partial charge is 0.231 e. The van der Waals surface area contributed by atoms with Gasteiger partial charge < -0.3 is 10.6 Å². The topological polar surface area (TPSA) is 41.1 Å². The van der Waals surface area contributed by atoms with Crippen molar-refractivity contribution in [3.63, 3.8) is 0 Å². The minimum Gasteiger partial charge on any atom is -0.353 e. The van der Waals surface area contributed by atoms with Crippen molar-refractivity contribution in [2.24, 2.45) is 5.92 Å². The zero-order chi connectivity index (χ0) is 25.7. The fourth-order valence-corrected chi connectivity index (χ4v) is 5.12. The molecule has 3 aromatic carbocycles. The van der Waals surface area contributed by atoms with Crippen LogP contribution < -0.4 is 10.6 Å². The van der Waals surface area contributed by atoms with Crippen molar-refractivity contribution in [2.75, 3.05) is 10.6 Å². The molecule has 4 rings (SSSR count). The highest BCUT2D eigenvalue weighted by Gasteiger charge is 2.67. The molecule has 3 nitrogen and oxygen atoms in total. The maximum absolute atomic E-state index is 14.1. The van der Waals surface area contributed by atoms with Gasteiger partial charge in [-0.25, -0.2) is 13.2 Å². The van der Waals surface area contributed by atoms with Crippen LogP contribution in [0.25, 0.3) is 5.70 Å². The van der Waals surface area contributed by atoms with E-state index >= 15 is 0 Å². The summed E-state index contributed by atoms with van der Waals surface area (Å²) < 4.78 is 39.4. The van der Waals surface area contributed by atoms with Crippen LogP contribution >= 0.6 is 46.4 Å². The average molecular weight is 560 g/mol. The van der Waals surface area contributed by atoms with Gasteiger partial charge in [0.2, 0.25) is 5.91 Å². The van der Waals surface area contributed by atoms with Crippen molar-refractivity contribution in [1.82, 2.24) is 0 Å². The number of aryl methyl sites for hydroxylation is 1. The number of amides is 1. The largest absolute Gasteiger partial charge is 0.353 e. The molecule has 2 atom stereocenters. The molecule has 182 valence electrons. The van der Waals surface area contributed by atoms with Gasteiger partial charge >= 0.3 is 0 Å². The van der Waals surface area contributed by atoms with Crippen LogP contribution in [0.15, 0.2) is 55.1 Å². The predicted molar refractivity (Wildman–Crippen MR) is 136 cm³/mol. The van der Waals surface area contributed by atoms with Crippen molar-refractivity contribution in [2.45, 2.75) is 17.2 Å². The normalized spacial score (nSPS) is 18.2. The second-order valence-electron chi connectivity index (χ2n) is 8.18. The summed E-state index contributed by atoms with van der Waals surface area (Å²) in [7, 11) is 0. The van der Waals surface area contributed by atoms with Crippen LogP contribution in [0.3, 0.4) is 0 Å². The first-order valence-electron chi connectivity index (χ1n) is 10.2. The van der Waals surface area contributed by atoms with Gasteiger partial charge in [-0.05, 0) is 54.4 Å². The van der Waals surface area contributed by atoms with E-state index in [-0.39, 0.29) is 16.4 Å². The number of alkyl halides is 2. The number of benzene rings is 3. The molecular weight excluding hydrogens is 543 g/mol. The van der Waals surface area contributed by atoms with Gasteiger partial charge in [0.05, 0.1) is 21.7 Å². The van der Waals surface area contributed by atoms with Crippen molar-refractivity contribution < 1.29 is 18.0 Å². The van der Waals surface area contributed by atoms with E-state index in [2.05, 4.69) is 17.2 Å². The molecule has 1 aliphatic rings. The van der Waals surface area contributed by atoms with Gasteiger partial charge in [-0.3, -0.25) is 4.79 Å². The number of rotatable bonds is 6. The Bertz CT molecular complexity index is 1360. The molecule has 1 saturated carbocycles. The van der Waals surface area contributed by atoms with E-state index in [4.69, 9.17) is 46.4 Å². The van der Waals surface area contributed by atoms with Gasteiger partial charge in [-0.1, -0.05) is 35.8 Å². The van der Waals surface area contributed by atoms with E-state index in [1.807, 2.05) is 0 Å². The third kappa shape index (κ3) is 5.12. The molecule has 0 saturated heterocycles. The van der Waals surface area contributed by atoms with Crippen LogP contribution in [0.1, 0.15) is 22.6 Å². The molecule has 10 heteroatoms. The molecule has 0 radical (unpaired) electrons. The zero-order valence-corrected chi connectivity index (χ0v) is 21.1. The number of carbonyl (C=O) groups is 1. The van der Waals surface area contributed by atoms with Gasteiger partial charge in [0.1, 0.15) is 21.8 Å². The average Bonchev–Trinajstić information content (AvgIpc) is 3.36. The van der Waals surface area contributed by atoms with E-state index in [9.17, 15) is 18.0 Å². The Kier molecular flexibility index (Phi) is 7.04. The van der Waals surface area contributed by atoms with Crippen LogP contribution in [0.2, 0.25) is 10.0 Å². The predicted octanol–water partition coefficient (Wildman–Crippen LogP) is 8.33. The third-order valence-corrected chi connectivity index (χ3v) is 7.43. The van der Waals surface area contributed by atoms with Crippen molar-refractivity contribution >= 4 is 69.4 Å². The fraction of sp³-hybridized carbons (Fsp3) is 0.160. The zero-order valence-electron chi connectivity index (χ0n) is 18.0. The van der Waals surface area contributed by atoms with Crippen LogP contribution in [0.5, 0.6) is 0 Å². The van der Waals surface area contributed by atoms with Gasteiger partial charge in [0, 0.05) is 28.9 Å². The van der Waals surface area contributed by atoms with E-state index in [1.165, 1.54) is 24.3 Å². The minimum atomic E-state index is -1.40. The molecule has 0 heterocycles. The van der Waals surface area contributed by atoms with Gasteiger partial charge in [0.25, 0.3) is 0 Å². The molecule has 3 aromatic rings. The third-order valence-electron chi connectivity index (χ3n) is 5.70. The summed E-state index contributed by atoms with van der Waals surface area (Å²) in [6.45, 7) is 5.61. The second-order valence-corrected chi connectivity index (χ2v) is 10.4. The first kappa shape index (κ1) is 25.7. The van der Waals surface area contributed by atoms with E-state index in [0.717, 1.165) is 12.1 Å². The van der Waals surface area contributed by atoms with E-state index < -0.39 is 39.5 Å². The Labute approximate surface area is 219 Å². The first-order chi connectivity index (χ1) is 16.4. The van der Waals surface area contributed by atoms with Gasteiger partial charge in [-0.2, -0.15) is 0 Å². The van der Waals surface area contributed by atoms with E-state index in [0.29, 0.717) is 27.4 Å². The summed E-state index contributed by atoms with van der Waals surface area (Å²) in [5.41, 5.74) is 2.16. The molecule has 0 spiro atoms. The molecule has 1 fully saturated rings. The first-order valence-corrected chi connectivity index (χ1v) is 11.8. The number of anilines is 2. The Morgan fingerprint density at radius 3 is 2.34 bits per heavy atom. The number of halogens is 7. The molecule has 2 N–H and O–H groups in total. The lowest BCUT2D eigenvalue weighted by Gasteiger charge is -2.16.